The first-order chi connectivity index (χ1) is 11.7. The predicted molar refractivity (Wildman–Crippen MR) is 98.2 cm³/mol. The maximum Gasteiger partial charge on any atom is 0.220 e. The number of hydrogen-bond donors (Lipinski definition) is 3. The summed E-state index contributed by atoms with van der Waals surface area (Å²) in [6, 6.07) is 1.89. The number of rotatable bonds is 9. The summed E-state index contributed by atoms with van der Waals surface area (Å²) in [6.45, 7) is 6.01. The van der Waals surface area contributed by atoms with Gasteiger partial charge in [0.1, 0.15) is 17.5 Å². The Morgan fingerprint density at radius 2 is 1.83 bits per heavy atom. The zero-order valence-corrected chi connectivity index (χ0v) is 15.0. The molecule has 0 aromatic carbocycles. The molecule has 24 heavy (non-hydrogen) atoms. The smallest absolute Gasteiger partial charge is 0.220 e. The zero-order valence-electron chi connectivity index (χ0n) is 15.0. The van der Waals surface area contributed by atoms with Crippen molar-refractivity contribution in [3.05, 3.63) is 11.9 Å². The largest absolute Gasteiger partial charge is 0.370 e. The van der Waals surface area contributed by atoms with E-state index in [1.54, 1.807) is 0 Å². The van der Waals surface area contributed by atoms with Gasteiger partial charge < -0.3 is 16.0 Å². The topological polar surface area (TPSA) is 78.9 Å². The molecule has 1 aromatic heterocycles. The quantitative estimate of drug-likeness (QED) is 0.605. The lowest BCUT2D eigenvalue weighted by Crippen LogP contribution is -2.29. The van der Waals surface area contributed by atoms with Gasteiger partial charge in [0.05, 0.1) is 0 Å². The van der Waals surface area contributed by atoms with Crippen LogP contribution < -0.4 is 16.0 Å². The summed E-state index contributed by atoms with van der Waals surface area (Å²) < 4.78 is 0. The van der Waals surface area contributed by atoms with E-state index in [1.807, 2.05) is 19.9 Å². The number of aromatic nitrogens is 2. The number of nitrogens with zero attached hydrogens (tertiary/aromatic N) is 2. The molecule has 0 aliphatic heterocycles. The Morgan fingerprint density at radius 3 is 2.54 bits per heavy atom. The molecular weight excluding hydrogens is 302 g/mol. The molecule has 1 heterocycles. The Balaban J connectivity index is 1.62. The molecule has 1 amide bonds. The monoisotopic (exact) mass is 333 g/mol. The Morgan fingerprint density at radius 1 is 1.12 bits per heavy atom. The third kappa shape index (κ3) is 6.72. The minimum atomic E-state index is 0.162. The average Bonchev–Trinajstić information content (AvgIpc) is 2.58. The van der Waals surface area contributed by atoms with Crippen LogP contribution in [0, 0.1) is 12.8 Å². The van der Waals surface area contributed by atoms with Gasteiger partial charge in [0, 0.05) is 32.1 Å². The van der Waals surface area contributed by atoms with E-state index in [2.05, 4.69) is 25.9 Å². The Kier molecular flexibility index (Phi) is 7.79. The lowest BCUT2D eigenvalue weighted by atomic mass is 9.86. The van der Waals surface area contributed by atoms with Crippen LogP contribution in [0.2, 0.25) is 0 Å². The highest BCUT2D eigenvalue weighted by Crippen LogP contribution is 2.27. The van der Waals surface area contributed by atoms with E-state index < -0.39 is 0 Å². The van der Waals surface area contributed by atoms with Gasteiger partial charge >= 0.3 is 0 Å². The number of amides is 1. The Hall–Kier alpha value is -1.85. The van der Waals surface area contributed by atoms with Crippen molar-refractivity contribution in [1.82, 2.24) is 15.3 Å². The molecule has 1 saturated carbocycles. The third-order valence-electron chi connectivity index (χ3n) is 4.45. The molecule has 1 aliphatic rings. The van der Waals surface area contributed by atoms with Crippen LogP contribution in [0.4, 0.5) is 11.6 Å². The van der Waals surface area contributed by atoms with Gasteiger partial charge in [-0.25, -0.2) is 9.97 Å². The van der Waals surface area contributed by atoms with Gasteiger partial charge in [-0.1, -0.05) is 32.1 Å². The molecule has 6 nitrogen and oxygen atoms in total. The van der Waals surface area contributed by atoms with Crippen LogP contribution in [0.25, 0.3) is 0 Å². The van der Waals surface area contributed by atoms with E-state index in [0.29, 0.717) is 19.5 Å². The number of hydrogen-bond acceptors (Lipinski definition) is 5. The van der Waals surface area contributed by atoms with Gasteiger partial charge in [0.2, 0.25) is 5.91 Å². The number of carbonyl (C=O) groups excluding carboxylic acids is 1. The first kappa shape index (κ1) is 18.5. The normalized spacial score (nSPS) is 15.1. The van der Waals surface area contributed by atoms with Crippen LogP contribution in [-0.2, 0) is 4.79 Å². The second kappa shape index (κ2) is 10.1. The van der Waals surface area contributed by atoms with Crippen molar-refractivity contribution in [1.29, 1.82) is 0 Å². The third-order valence-corrected chi connectivity index (χ3v) is 4.45. The highest BCUT2D eigenvalue weighted by molar-refractivity contribution is 5.75. The number of nitrogens with one attached hydrogen (secondary N) is 3. The van der Waals surface area contributed by atoms with Gasteiger partial charge in [0.25, 0.3) is 0 Å². The minimum absolute atomic E-state index is 0.162. The molecule has 134 valence electrons. The first-order valence-corrected chi connectivity index (χ1v) is 9.27. The molecule has 0 radical (unpaired) electrons. The van der Waals surface area contributed by atoms with E-state index in [1.165, 1.54) is 32.1 Å². The van der Waals surface area contributed by atoms with Crippen LogP contribution in [-0.4, -0.2) is 35.5 Å². The molecule has 0 atom stereocenters. The molecule has 1 aromatic rings. The summed E-state index contributed by atoms with van der Waals surface area (Å²) >= 11 is 0. The maximum atomic E-state index is 11.9. The molecule has 1 aliphatic carbocycles. The van der Waals surface area contributed by atoms with E-state index in [-0.39, 0.29) is 5.91 Å². The minimum Gasteiger partial charge on any atom is -0.370 e. The molecule has 1 fully saturated rings. The fourth-order valence-electron chi connectivity index (χ4n) is 3.22. The molecule has 0 bridgehead atoms. The van der Waals surface area contributed by atoms with Crippen LogP contribution in [0.3, 0.4) is 0 Å². The number of anilines is 2. The predicted octanol–water partition coefficient (Wildman–Crippen LogP) is 3.11. The number of carbonyl (C=O) groups is 1. The molecule has 3 N–H and O–H groups in total. The fourth-order valence-corrected chi connectivity index (χ4v) is 3.22. The molecule has 6 heteroatoms. The Labute approximate surface area is 145 Å². The summed E-state index contributed by atoms with van der Waals surface area (Å²) in [6.07, 6.45) is 8.34. The highest BCUT2D eigenvalue weighted by atomic mass is 16.1. The molecular formula is C18H31N5O. The zero-order chi connectivity index (χ0) is 17.2. The summed E-state index contributed by atoms with van der Waals surface area (Å²) in [5.41, 5.74) is 0. The van der Waals surface area contributed by atoms with Gasteiger partial charge in [-0.3, -0.25) is 4.79 Å². The van der Waals surface area contributed by atoms with E-state index in [9.17, 15) is 4.79 Å². The van der Waals surface area contributed by atoms with Crippen LogP contribution >= 0.6 is 0 Å². The van der Waals surface area contributed by atoms with Crippen molar-refractivity contribution >= 4 is 17.5 Å². The lowest BCUT2D eigenvalue weighted by Gasteiger charge is -2.21. The van der Waals surface area contributed by atoms with Crippen molar-refractivity contribution < 1.29 is 4.79 Å². The lowest BCUT2D eigenvalue weighted by molar-refractivity contribution is -0.121. The second-order valence-corrected chi connectivity index (χ2v) is 6.54. The van der Waals surface area contributed by atoms with E-state index in [4.69, 9.17) is 0 Å². The van der Waals surface area contributed by atoms with Gasteiger partial charge in [0.15, 0.2) is 0 Å². The fraction of sp³-hybridized carbons (Fsp3) is 0.722. The molecule has 0 saturated heterocycles. The van der Waals surface area contributed by atoms with E-state index in [0.717, 1.165) is 36.3 Å². The summed E-state index contributed by atoms with van der Waals surface area (Å²) in [4.78, 5) is 20.6. The van der Waals surface area contributed by atoms with Gasteiger partial charge in [-0.05, 0) is 26.2 Å². The van der Waals surface area contributed by atoms with Crippen molar-refractivity contribution in [3.8, 4) is 0 Å². The van der Waals surface area contributed by atoms with Crippen LogP contribution in [0.1, 0.15) is 57.7 Å². The van der Waals surface area contributed by atoms with Crippen molar-refractivity contribution in [2.24, 2.45) is 5.92 Å². The van der Waals surface area contributed by atoms with Crippen molar-refractivity contribution in [2.45, 2.75) is 58.8 Å². The van der Waals surface area contributed by atoms with Crippen molar-refractivity contribution in [3.63, 3.8) is 0 Å². The van der Waals surface area contributed by atoms with Crippen LogP contribution in [0.5, 0.6) is 0 Å². The summed E-state index contributed by atoms with van der Waals surface area (Å²) in [5.74, 6) is 3.26. The first-order valence-electron chi connectivity index (χ1n) is 9.27. The average molecular weight is 333 g/mol. The maximum absolute atomic E-state index is 11.9. The van der Waals surface area contributed by atoms with Gasteiger partial charge in [-0.2, -0.15) is 0 Å². The van der Waals surface area contributed by atoms with Crippen LogP contribution in [0.15, 0.2) is 6.07 Å². The standard InChI is InChI=1S/C18H31N5O/c1-3-19-16-13-17(23-14(2)22-16)20-11-12-21-18(24)10-9-15-7-5-4-6-8-15/h13,15H,3-12H2,1-2H3,(H,21,24)(H2,19,20,22,23). The van der Waals surface area contributed by atoms with E-state index >= 15 is 0 Å². The SMILES string of the molecule is CCNc1cc(NCCNC(=O)CCC2CCCCC2)nc(C)n1. The second-order valence-electron chi connectivity index (χ2n) is 6.54. The molecule has 2 rings (SSSR count). The molecule has 0 unspecified atom stereocenters. The molecule has 0 spiro atoms. The van der Waals surface area contributed by atoms with Gasteiger partial charge in [-0.15, -0.1) is 0 Å². The Bertz CT molecular complexity index is 514. The van der Waals surface area contributed by atoms with Crippen molar-refractivity contribution in [2.75, 3.05) is 30.3 Å². The highest BCUT2D eigenvalue weighted by Gasteiger charge is 2.14. The number of aryl methyl sites for hydroxylation is 1. The summed E-state index contributed by atoms with van der Waals surface area (Å²) in [7, 11) is 0. The summed E-state index contributed by atoms with van der Waals surface area (Å²) in [5, 5.41) is 9.41.